The summed E-state index contributed by atoms with van der Waals surface area (Å²) in [5, 5.41) is 0. The topological polar surface area (TPSA) is 45.2 Å². The molecule has 3 saturated heterocycles. The maximum absolute atomic E-state index is 13.8. The fourth-order valence-electron chi connectivity index (χ4n) is 5.80. The van der Waals surface area contributed by atoms with Gasteiger partial charge in [-0.25, -0.2) is 4.79 Å². The number of ether oxygens (including phenoxy) is 2. The van der Waals surface area contributed by atoms with Gasteiger partial charge in [0.2, 0.25) is 0 Å². The van der Waals surface area contributed by atoms with Gasteiger partial charge in [0, 0.05) is 56.8 Å². The van der Waals surface area contributed by atoms with E-state index >= 15 is 0 Å². The molecule has 3 aliphatic rings. The molecule has 3 fully saturated rings. The quantitative estimate of drug-likeness (QED) is 0.361. The first kappa shape index (κ1) is 32.5. The van der Waals surface area contributed by atoms with Crippen molar-refractivity contribution in [2.45, 2.75) is 63.3 Å². The summed E-state index contributed by atoms with van der Waals surface area (Å²) in [7, 11) is 0. The second kappa shape index (κ2) is 13.1. The van der Waals surface area contributed by atoms with Crippen molar-refractivity contribution >= 4 is 11.8 Å². The monoisotopic (exact) mass is 619 g/mol. The zero-order valence-electron chi connectivity index (χ0n) is 22.8. The van der Waals surface area contributed by atoms with Crippen molar-refractivity contribution in [3.8, 4) is 0 Å². The Balaban J connectivity index is 1.45. The summed E-state index contributed by atoms with van der Waals surface area (Å²) in [6, 6.07) is 3.99. The third-order valence-corrected chi connectivity index (χ3v) is 7.94. The van der Waals surface area contributed by atoms with Crippen molar-refractivity contribution in [2.75, 3.05) is 57.4 Å². The lowest BCUT2D eigenvalue weighted by Gasteiger charge is -2.28. The van der Waals surface area contributed by atoms with E-state index in [1.165, 1.54) is 0 Å². The molecule has 4 rings (SSSR count). The van der Waals surface area contributed by atoms with Crippen LogP contribution in [0.25, 0.3) is 0 Å². The number of rotatable bonds is 4. The van der Waals surface area contributed by atoms with Crippen molar-refractivity contribution in [3.05, 3.63) is 29.3 Å². The zero-order chi connectivity index (χ0) is 30.7. The number of carbonyl (C=O) groups is 1. The highest BCUT2D eigenvalue weighted by atomic mass is 19.4. The Morgan fingerprint density at radius 3 is 1.98 bits per heavy atom. The molecule has 0 aromatic heterocycles. The van der Waals surface area contributed by atoms with E-state index in [2.05, 4.69) is 4.74 Å². The Kier molecular flexibility index (Phi) is 10.1. The van der Waals surface area contributed by atoms with Crippen LogP contribution in [0.3, 0.4) is 0 Å². The molecule has 1 aromatic rings. The van der Waals surface area contributed by atoms with E-state index in [1.54, 1.807) is 6.07 Å². The summed E-state index contributed by atoms with van der Waals surface area (Å²) in [6.07, 6.45) is -19.7. The summed E-state index contributed by atoms with van der Waals surface area (Å²) in [5.41, 5.74) is 0.154. The van der Waals surface area contributed by atoms with Crippen LogP contribution in [0, 0.1) is 11.8 Å². The van der Waals surface area contributed by atoms with Gasteiger partial charge in [-0.15, -0.1) is 0 Å². The summed E-state index contributed by atoms with van der Waals surface area (Å²) in [4.78, 5) is 17.0. The number of fused-ring (bicyclic) bond motifs is 1. The largest absolute Gasteiger partial charge is 0.434 e. The van der Waals surface area contributed by atoms with Gasteiger partial charge in [-0.1, -0.05) is 12.8 Å². The number of hydrogen-bond donors (Lipinski definition) is 0. The van der Waals surface area contributed by atoms with Crippen molar-refractivity contribution in [1.82, 2.24) is 9.80 Å². The van der Waals surface area contributed by atoms with Gasteiger partial charge < -0.3 is 19.3 Å². The Morgan fingerprint density at radius 2 is 1.38 bits per heavy atom. The van der Waals surface area contributed by atoms with E-state index in [0.29, 0.717) is 69.8 Å². The zero-order valence-corrected chi connectivity index (χ0v) is 22.8. The molecule has 42 heavy (non-hydrogen) atoms. The Morgan fingerprint density at radius 1 is 0.810 bits per heavy atom. The number of halogens is 9. The van der Waals surface area contributed by atoms with Crippen LogP contribution in [0.4, 0.5) is 50.0 Å². The van der Waals surface area contributed by atoms with Gasteiger partial charge in [0.25, 0.3) is 6.10 Å². The Bertz CT molecular complexity index is 1040. The Labute approximate surface area is 237 Å². The van der Waals surface area contributed by atoms with E-state index in [4.69, 9.17) is 4.74 Å². The van der Waals surface area contributed by atoms with Crippen LogP contribution < -0.4 is 4.90 Å². The minimum atomic E-state index is -5.81. The molecule has 1 amide bonds. The van der Waals surface area contributed by atoms with Crippen molar-refractivity contribution < 1.29 is 53.8 Å². The molecule has 0 bridgehead atoms. The van der Waals surface area contributed by atoms with Gasteiger partial charge in [0.05, 0.1) is 18.8 Å². The van der Waals surface area contributed by atoms with Gasteiger partial charge in [0.15, 0.2) is 0 Å². The molecule has 2 atom stereocenters. The predicted molar refractivity (Wildman–Crippen MR) is 134 cm³/mol. The van der Waals surface area contributed by atoms with Crippen molar-refractivity contribution in [1.29, 1.82) is 0 Å². The standard InChI is InChI=1S/C27H34F9N3O3/c28-25(29,30)21-10-18(11-22(12-21)39-14-19-16-41-17-20(19)15-39)13-37-6-3-1-2-4-8-38(9-5-7-37)24(40)42-23(26(31,32)33)27(34,35)36/h10-12,19-20,23H,1-9,13-17H2. The van der Waals surface area contributed by atoms with Crippen molar-refractivity contribution in [3.63, 3.8) is 0 Å². The Hall–Kier alpha value is -2.42. The maximum Gasteiger partial charge on any atom is 0.434 e. The third-order valence-electron chi connectivity index (χ3n) is 7.94. The van der Waals surface area contributed by atoms with Crippen molar-refractivity contribution in [2.24, 2.45) is 11.8 Å². The van der Waals surface area contributed by atoms with Crippen LogP contribution in [-0.2, 0) is 22.2 Å². The fraction of sp³-hybridized carbons (Fsp3) is 0.741. The van der Waals surface area contributed by atoms with Gasteiger partial charge in [-0.05, 0) is 49.6 Å². The number of amides is 1. The van der Waals surface area contributed by atoms with Gasteiger partial charge >= 0.3 is 24.6 Å². The number of benzene rings is 1. The first-order valence-electron chi connectivity index (χ1n) is 14.0. The average molecular weight is 620 g/mol. The molecule has 2 unspecified atom stereocenters. The molecule has 238 valence electrons. The fourth-order valence-corrected chi connectivity index (χ4v) is 5.80. The molecule has 0 spiro atoms. The van der Waals surface area contributed by atoms with Crippen LogP contribution in [0.5, 0.6) is 0 Å². The molecule has 0 aliphatic carbocycles. The van der Waals surface area contributed by atoms with Gasteiger partial charge in [-0.3, -0.25) is 4.90 Å². The third kappa shape index (κ3) is 8.57. The highest BCUT2D eigenvalue weighted by Gasteiger charge is 2.60. The predicted octanol–water partition coefficient (Wildman–Crippen LogP) is 6.49. The minimum Gasteiger partial charge on any atom is -0.426 e. The highest BCUT2D eigenvalue weighted by Crippen LogP contribution is 2.38. The summed E-state index contributed by atoms with van der Waals surface area (Å²) >= 11 is 0. The smallest absolute Gasteiger partial charge is 0.426 e. The molecule has 3 heterocycles. The second-order valence-electron chi connectivity index (χ2n) is 11.2. The molecule has 3 aliphatic heterocycles. The highest BCUT2D eigenvalue weighted by molar-refractivity contribution is 5.68. The summed E-state index contributed by atoms with van der Waals surface area (Å²) in [6.45, 7) is 3.10. The normalized spacial score (nSPS) is 23.7. The van der Waals surface area contributed by atoms with Crippen LogP contribution in [0.15, 0.2) is 18.2 Å². The second-order valence-corrected chi connectivity index (χ2v) is 11.2. The average Bonchev–Trinajstić information content (AvgIpc) is 3.47. The summed E-state index contributed by atoms with van der Waals surface area (Å²) < 4.78 is 128. The van der Waals surface area contributed by atoms with Crippen LogP contribution in [-0.4, -0.2) is 86.8 Å². The molecule has 0 N–H and O–H groups in total. The van der Waals surface area contributed by atoms with E-state index < -0.39 is 36.3 Å². The molecule has 0 saturated carbocycles. The van der Waals surface area contributed by atoms with E-state index in [0.717, 1.165) is 17.0 Å². The van der Waals surface area contributed by atoms with Crippen LogP contribution in [0.1, 0.15) is 43.2 Å². The number of nitrogens with zero attached hydrogens (tertiary/aromatic N) is 3. The van der Waals surface area contributed by atoms with Crippen LogP contribution >= 0.6 is 0 Å². The molecular weight excluding hydrogens is 585 g/mol. The number of hydrogen-bond acceptors (Lipinski definition) is 5. The SMILES string of the molecule is O=C(OC(C(F)(F)F)C(F)(F)F)N1CCCCCCN(Cc2cc(N3CC4COCC4C3)cc(C(F)(F)F)c2)CCC1. The summed E-state index contributed by atoms with van der Waals surface area (Å²) in [5.74, 6) is 0.539. The van der Waals surface area contributed by atoms with E-state index in [-0.39, 0.29) is 44.4 Å². The first-order chi connectivity index (χ1) is 19.6. The molecule has 0 radical (unpaired) electrons. The maximum atomic E-state index is 13.8. The molecule has 6 nitrogen and oxygen atoms in total. The minimum absolute atomic E-state index is 0.0683. The molecular formula is C27H34F9N3O3. The lowest BCUT2D eigenvalue weighted by molar-refractivity contribution is -0.308. The van der Waals surface area contributed by atoms with E-state index in [1.807, 2.05) is 9.80 Å². The number of anilines is 1. The number of carbonyl (C=O) groups excluding carboxylic acids is 1. The lowest BCUT2D eigenvalue weighted by Crippen LogP contribution is -2.48. The van der Waals surface area contributed by atoms with Gasteiger partial charge in [0.1, 0.15) is 0 Å². The molecule has 15 heteroatoms. The van der Waals surface area contributed by atoms with Crippen LogP contribution in [0.2, 0.25) is 0 Å². The molecule has 1 aromatic carbocycles. The lowest BCUT2D eigenvalue weighted by atomic mass is 10.0. The number of alkyl halides is 9. The first-order valence-corrected chi connectivity index (χ1v) is 14.0. The van der Waals surface area contributed by atoms with Gasteiger partial charge in [-0.2, -0.15) is 39.5 Å². The van der Waals surface area contributed by atoms with E-state index in [9.17, 15) is 44.3 Å².